The van der Waals surface area contributed by atoms with Crippen LogP contribution in [0.4, 0.5) is 5.69 Å². The van der Waals surface area contributed by atoms with Gasteiger partial charge in [-0.1, -0.05) is 0 Å². The van der Waals surface area contributed by atoms with Gasteiger partial charge in [0.15, 0.2) is 0 Å². The SMILES string of the molecule is N#Cc1ccc(NC(=O)c2ccoc2)cc1. The molecule has 1 aromatic carbocycles. The number of carbonyl (C=O) groups is 1. The van der Waals surface area contributed by atoms with Crippen molar-refractivity contribution in [3.05, 3.63) is 54.0 Å². The number of hydrogen-bond donors (Lipinski definition) is 1. The standard InChI is InChI=1S/C12H8N2O2/c13-7-9-1-3-11(4-2-9)14-12(15)10-5-6-16-8-10/h1-6,8H,(H,14,15). The van der Waals surface area contributed by atoms with E-state index in [1.54, 1.807) is 30.3 Å². The molecule has 16 heavy (non-hydrogen) atoms. The van der Waals surface area contributed by atoms with Gasteiger partial charge in [-0.15, -0.1) is 0 Å². The third-order valence-electron chi connectivity index (χ3n) is 2.06. The molecule has 0 saturated carbocycles. The van der Waals surface area contributed by atoms with Gasteiger partial charge < -0.3 is 9.73 Å². The summed E-state index contributed by atoms with van der Waals surface area (Å²) in [6.07, 6.45) is 2.81. The first-order chi connectivity index (χ1) is 7.79. The molecule has 0 aliphatic rings. The number of benzene rings is 1. The first-order valence-corrected chi connectivity index (χ1v) is 4.63. The van der Waals surface area contributed by atoms with Crippen molar-refractivity contribution in [3.8, 4) is 6.07 Å². The lowest BCUT2D eigenvalue weighted by molar-refractivity contribution is 0.102. The van der Waals surface area contributed by atoms with Crippen molar-refractivity contribution in [3.63, 3.8) is 0 Å². The fourth-order valence-electron chi connectivity index (χ4n) is 1.23. The molecule has 1 heterocycles. The Morgan fingerprint density at radius 2 is 2.00 bits per heavy atom. The van der Waals surface area contributed by atoms with E-state index in [0.29, 0.717) is 16.8 Å². The van der Waals surface area contributed by atoms with Gasteiger partial charge in [0, 0.05) is 5.69 Å². The quantitative estimate of drug-likeness (QED) is 0.831. The van der Waals surface area contributed by atoms with Crippen molar-refractivity contribution in [1.82, 2.24) is 0 Å². The molecule has 0 aliphatic heterocycles. The smallest absolute Gasteiger partial charge is 0.258 e. The molecule has 2 rings (SSSR count). The highest BCUT2D eigenvalue weighted by atomic mass is 16.3. The van der Waals surface area contributed by atoms with Crippen LogP contribution in [0.5, 0.6) is 0 Å². The monoisotopic (exact) mass is 212 g/mol. The predicted octanol–water partition coefficient (Wildman–Crippen LogP) is 2.40. The van der Waals surface area contributed by atoms with Gasteiger partial charge in [0.2, 0.25) is 0 Å². The van der Waals surface area contributed by atoms with Crippen molar-refractivity contribution in [2.75, 3.05) is 5.32 Å². The second-order valence-corrected chi connectivity index (χ2v) is 3.16. The highest BCUT2D eigenvalue weighted by Gasteiger charge is 2.06. The number of rotatable bonds is 2. The maximum absolute atomic E-state index is 11.6. The van der Waals surface area contributed by atoms with Crippen LogP contribution in [-0.2, 0) is 0 Å². The van der Waals surface area contributed by atoms with Gasteiger partial charge in [0.25, 0.3) is 5.91 Å². The molecule has 0 fully saturated rings. The van der Waals surface area contributed by atoms with E-state index in [0.717, 1.165) is 0 Å². The van der Waals surface area contributed by atoms with Crippen LogP contribution >= 0.6 is 0 Å². The topological polar surface area (TPSA) is 66.0 Å². The fourth-order valence-corrected chi connectivity index (χ4v) is 1.23. The zero-order chi connectivity index (χ0) is 11.4. The minimum absolute atomic E-state index is 0.238. The van der Waals surface area contributed by atoms with Crippen LogP contribution in [0.3, 0.4) is 0 Å². The second-order valence-electron chi connectivity index (χ2n) is 3.16. The highest BCUT2D eigenvalue weighted by Crippen LogP contribution is 2.11. The molecule has 1 N–H and O–H groups in total. The van der Waals surface area contributed by atoms with Gasteiger partial charge in [0.1, 0.15) is 6.26 Å². The molecule has 2 aromatic rings. The maximum atomic E-state index is 11.6. The summed E-state index contributed by atoms with van der Waals surface area (Å²) in [7, 11) is 0. The van der Waals surface area contributed by atoms with Crippen LogP contribution in [0.1, 0.15) is 15.9 Å². The Bertz CT molecular complexity index is 521. The average molecular weight is 212 g/mol. The van der Waals surface area contributed by atoms with Crippen LogP contribution in [0, 0.1) is 11.3 Å². The van der Waals surface area contributed by atoms with Crippen molar-refractivity contribution in [2.24, 2.45) is 0 Å². The molecule has 78 valence electrons. The number of furan rings is 1. The predicted molar refractivity (Wildman–Crippen MR) is 57.8 cm³/mol. The molecule has 1 amide bonds. The number of nitriles is 1. The normalized spacial score (nSPS) is 9.44. The van der Waals surface area contributed by atoms with E-state index >= 15 is 0 Å². The van der Waals surface area contributed by atoms with Crippen LogP contribution in [0.2, 0.25) is 0 Å². The van der Waals surface area contributed by atoms with Gasteiger partial charge in [-0.25, -0.2) is 0 Å². The lowest BCUT2D eigenvalue weighted by Crippen LogP contribution is -2.10. The Labute approximate surface area is 92.1 Å². The van der Waals surface area contributed by atoms with E-state index < -0.39 is 0 Å². The maximum Gasteiger partial charge on any atom is 0.258 e. The molecular formula is C12H8N2O2. The zero-order valence-electron chi connectivity index (χ0n) is 8.31. The largest absolute Gasteiger partial charge is 0.472 e. The lowest BCUT2D eigenvalue weighted by Gasteiger charge is -2.02. The highest BCUT2D eigenvalue weighted by molar-refractivity contribution is 6.03. The number of nitrogens with one attached hydrogen (secondary N) is 1. The van der Waals surface area contributed by atoms with Crippen molar-refractivity contribution in [2.45, 2.75) is 0 Å². The number of nitrogens with zero attached hydrogens (tertiary/aromatic N) is 1. The average Bonchev–Trinajstić information content (AvgIpc) is 2.83. The summed E-state index contributed by atoms with van der Waals surface area (Å²) >= 11 is 0. The van der Waals surface area contributed by atoms with Crippen LogP contribution in [0.25, 0.3) is 0 Å². The van der Waals surface area contributed by atoms with Gasteiger partial charge in [0.05, 0.1) is 23.5 Å². The van der Waals surface area contributed by atoms with E-state index in [-0.39, 0.29) is 5.91 Å². The third-order valence-corrected chi connectivity index (χ3v) is 2.06. The zero-order valence-corrected chi connectivity index (χ0v) is 8.31. The molecule has 4 heteroatoms. The van der Waals surface area contributed by atoms with Gasteiger partial charge in [-0.05, 0) is 30.3 Å². The summed E-state index contributed by atoms with van der Waals surface area (Å²) in [5.41, 5.74) is 1.66. The van der Waals surface area contributed by atoms with Crippen molar-refractivity contribution >= 4 is 11.6 Å². The Kier molecular flexibility index (Phi) is 2.70. The molecular weight excluding hydrogens is 204 g/mol. The number of amides is 1. The van der Waals surface area contributed by atoms with E-state index in [4.69, 9.17) is 9.68 Å². The van der Waals surface area contributed by atoms with Crippen LogP contribution in [0.15, 0.2) is 47.3 Å². The summed E-state index contributed by atoms with van der Waals surface area (Å²) in [5, 5.41) is 11.3. The molecule has 0 radical (unpaired) electrons. The number of carbonyl (C=O) groups excluding carboxylic acids is 1. The Balaban J connectivity index is 2.10. The first kappa shape index (κ1) is 9.99. The Morgan fingerprint density at radius 1 is 1.25 bits per heavy atom. The number of hydrogen-bond acceptors (Lipinski definition) is 3. The van der Waals surface area contributed by atoms with Gasteiger partial charge >= 0.3 is 0 Å². The van der Waals surface area contributed by atoms with Crippen molar-refractivity contribution < 1.29 is 9.21 Å². The summed E-state index contributed by atoms with van der Waals surface area (Å²) in [6.45, 7) is 0. The molecule has 0 saturated heterocycles. The summed E-state index contributed by atoms with van der Waals surface area (Å²) in [5.74, 6) is -0.238. The van der Waals surface area contributed by atoms with Crippen molar-refractivity contribution in [1.29, 1.82) is 5.26 Å². The Hall–Kier alpha value is -2.54. The first-order valence-electron chi connectivity index (χ1n) is 4.63. The molecule has 0 atom stereocenters. The minimum Gasteiger partial charge on any atom is -0.472 e. The molecule has 0 spiro atoms. The molecule has 0 bridgehead atoms. The van der Waals surface area contributed by atoms with E-state index in [1.807, 2.05) is 6.07 Å². The van der Waals surface area contributed by atoms with Crippen LogP contribution < -0.4 is 5.32 Å². The van der Waals surface area contributed by atoms with Gasteiger partial charge in [-0.3, -0.25) is 4.79 Å². The number of anilines is 1. The molecule has 0 unspecified atom stereocenters. The van der Waals surface area contributed by atoms with E-state index in [1.165, 1.54) is 12.5 Å². The van der Waals surface area contributed by atoms with Gasteiger partial charge in [-0.2, -0.15) is 5.26 Å². The molecule has 4 nitrogen and oxygen atoms in total. The molecule has 1 aromatic heterocycles. The summed E-state index contributed by atoms with van der Waals surface area (Å²) in [6, 6.07) is 10.2. The Morgan fingerprint density at radius 3 is 2.56 bits per heavy atom. The van der Waals surface area contributed by atoms with Crippen LogP contribution in [-0.4, -0.2) is 5.91 Å². The molecule has 0 aliphatic carbocycles. The minimum atomic E-state index is -0.238. The summed E-state index contributed by atoms with van der Waals surface area (Å²) < 4.78 is 4.81. The third kappa shape index (κ3) is 2.10. The summed E-state index contributed by atoms with van der Waals surface area (Å²) in [4.78, 5) is 11.6. The fraction of sp³-hybridized carbons (Fsp3) is 0. The van der Waals surface area contributed by atoms with E-state index in [9.17, 15) is 4.79 Å². The lowest BCUT2D eigenvalue weighted by atomic mass is 10.2. The van der Waals surface area contributed by atoms with E-state index in [2.05, 4.69) is 5.32 Å². The second kappa shape index (κ2) is 4.32.